The Balaban J connectivity index is 1.98. The fourth-order valence-corrected chi connectivity index (χ4v) is 2.18. The van der Waals surface area contributed by atoms with Gasteiger partial charge in [0.25, 0.3) is 0 Å². The fourth-order valence-electron chi connectivity index (χ4n) is 2.18. The number of methoxy groups -OCH3 is 1. The highest BCUT2D eigenvalue weighted by atomic mass is 16.5. The second kappa shape index (κ2) is 5.14. The number of aliphatic hydroxyl groups excluding tert-OH is 1. The summed E-state index contributed by atoms with van der Waals surface area (Å²) in [4.78, 5) is 4.24. The predicted molar refractivity (Wildman–Crippen MR) is 61.5 cm³/mol. The molecule has 0 amide bonds. The maximum absolute atomic E-state index is 9.74. The molecule has 1 atom stereocenters. The molecule has 1 aromatic heterocycles. The van der Waals surface area contributed by atoms with Gasteiger partial charge in [-0.3, -0.25) is 0 Å². The van der Waals surface area contributed by atoms with Gasteiger partial charge in [0.05, 0.1) is 12.0 Å². The highest BCUT2D eigenvalue weighted by molar-refractivity contribution is 4.99. The van der Waals surface area contributed by atoms with Gasteiger partial charge in [-0.15, -0.1) is 0 Å². The minimum absolute atomic E-state index is 0.112. The summed E-state index contributed by atoms with van der Waals surface area (Å²) in [6.45, 7) is 2.01. The molecule has 5 heteroatoms. The largest absolute Gasteiger partial charge is 0.385 e. The van der Waals surface area contributed by atoms with Crippen molar-refractivity contribution in [3.8, 4) is 0 Å². The zero-order chi connectivity index (χ0) is 12.3. The Morgan fingerprint density at radius 3 is 2.82 bits per heavy atom. The third kappa shape index (κ3) is 2.66. The van der Waals surface area contributed by atoms with Crippen LogP contribution in [-0.2, 0) is 11.2 Å². The van der Waals surface area contributed by atoms with E-state index in [9.17, 15) is 5.11 Å². The van der Waals surface area contributed by atoms with Gasteiger partial charge in [-0.1, -0.05) is 18.5 Å². The summed E-state index contributed by atoms with van der Waals surface area (Å²) in [5.41, 5.74) is -0.112. The molecule has 1 aromatic rings. The standard InChI is InChI=1S/C12H20N2O3/c1-3-5-9(15)11-13-10(17-14-11)8-12(16-2)6-4-7-12/h9,15H,3-8H2,1-2H3. The number of aromatic nitrogens is 2. The van der Waals surface area contributed by atoms with Gasteiger partial charge in [0.1, 0.15) is 6.10 Å². The van der Waals surface area contributed by atoms with Gasteiger partial charge in [-0.2, -0.15) is 4.98 Å². The average Bonchev–Trinajstić information content (AvgIpc) is 2.72. The van der Waals surface area contributed by atoms with E-state index in [0.29, 0.717) is 24.6 Å². The second-order valence-electron chi connectivity index (χ2n) is 4.77. The summed E-state index contributed by atoms with van der Waals surface area (Å²) >= 11 is 0. The average molecular weight is 240 g/mol. The van der Waals surface area contributed by atoms with Crippen molar-refractivity contribution in [2.75, 3.05) is 7.11 Å². The van der Waals surface area contributed by atoms with E-state index in [4.69, 9.17) is 9.26 Å². The van der Waals surface area contributed by atoms with Crippen molar-refractivity contribution in [2.45, 2.75) is 57.2 Å². The summed E-state index contributed by atoms with van der Waals surface area (Å²) < 4.78 is 10.7. The van der Waals surface area contributed by atoms with Crippen molar-refractivity contribution in [1.29, 1.82) is 0 Å². The van der Waals surface area contributed by atoms with Gasteiger partial charge >= 0.3 is 0 Å². The molecule has 1 unspecified atom stereocenters. The van der Waals surface area contributed by atoms with Crippen LogP contribution in [0.15, 0.2) is 4.52 Å². The third-order valence-electron chi connectivity index (χ3n) is 3.52. The number of aliphatic hydroxyl groups is 1. The van der Waals surface area contributed by atoms with Crippen LogP contribution in [0.2, 0.25) is 0 Å². The summed E-state index contributed by atoms with van der Waals surface area (Å²) in [5.74, 6) is 0.962. The van der Waals surface area contributed by atoms with Gasteiger partial charge in [0.15, 0.2) is 5.82 Å². The molecule has 1 fully saturated rings. The molecule has 1 heterocycles. The monoisotopic (exact) mass is 240 g/mol. The number of ether oxygens (including phenoxy) is 1. The molecule has 1 N–H and O–H groups in total. The van der Waals surface area contributed by atoms with Crippen LogP contribution in [0.25, 0.3) is 0 Å². The molecule has 0 aliphatic heterocycles. The Morgan fingerprint density at radius 2 is 2.29 bits per heavy atom. The fraction of sp³-hybridized carbons (Fsp3) is 0.833. The van der Waals surface area contributed by atoms with Crippen LogP contribution in [0, 0.1) is 0 Å². The van der Waals surface area contributed by atoms with E-state index < -0.39 is 6.10 Å². The van der Waals surface area contributed by atoms with E-state index in [1.165, 1.54) is 6.42 Å². The first kappa shape index (κ1) is 12.5. The van der Waals surface area contributed by atoms with E-state index in [-0.39, 0.29) is 5.60 Å². The predicted octanol–water partition coefficient (Wildman–Crippen LogP) is 2.01. The number of hydrogen-bond donors (Lipinski definition) is 1. The number of hydrogen-bond acceptors (Lipinski definition) is 5. The van der Waals surface area contributed by atoms with Crippen LogP contribution in [0.3, 0.4) is 0 Å². The zero-order valence-corrected chi connectivity index (χ0v) is 10.5. The molecule has 5 nitrogen and oxygen atoms in total. The van der Waals surface area contributed by atoms with E-state index in [1.54, 1.807) is 7.11 Å². The van der Waals surface area contributed by atoms with Crippen molar-refractivity contribution in [2.24, 2.45) is 0 Å². The smallest absolute Gasteiger partial charge is 0.229 e. The minimum atomic E-state index is -0.614. The molecule has 0 bridgehead atoms. The first-order chi connectivity index (χ1) is 8.19. The Labute approximate surface area is 101 Å². The van der Waals surface area contributed by atoms with Crippen LogP contribution in [0.1, 0.15) is 56.8 Å². The van der Waals surface area contributed by atoms with Gasteiger partial charge < -0.3 is 14.4 Å². The first-order valence-corrected chi connectivity index (χ1v) is 6.25. The van der Waals surface area contributed by atoms with Crippen molar-refractivity contribution >= 4 is 0 Å². The summed E-state index contributed by atoms with van der Waals surface area (Å²) in [5, 5.41) is 13.6. The lowest BCUT2D eigenvalue weighted by Crippen LogP contribution is -2.41. The van der Waals surface area contributed by atoms with E-state index in [2.05, 4.69) is 10.1 Å². The van der Waals surface area contributed by atoms with Crippen LogP contribution in [-0.4, -0.2) is 28.0 Å². The SMILES string of the molecule is CCCC(O)c1noc(CC2(OC)CCC2)n1. The molecule has 1 aliphatic carbocycles. The van der Waals surface area contributed by atoms with Crippen LogP contribution in [0.4, 0.5) is 0 Å². The molecular weight excluding hydrogens is 220 g/mol. The maximum atomic E-state index is 9.74. The molecular formula is C12H20N2O3. The van der Waals surface area contributed by atoms with E-state index in [0.717, 1.165) is 19.3 Å². The van der Waals surface area contributed by atoms with Gasteiger partial charge in [-0.05, 0) is 25.7 Å². The normalized spacial score (nSPS) is 19.9. The maximum Gasteiger partial charge on any atom is 0.229 e. The van der Waals surface area contributed by atoms with Crippen LogP contribution in [0.5, 0.6) is 0 Å². The first-order valence-electron chi connectivity index (χ1n) is 6.25. The molecule has 0 radical (unpaired) electrons. The zero-order valence-electron chi connectivity index (χ0n) is 10.5. The van der Waals surface area contributed by atoms with Crippen LogP contribution >= 0.6 is 0 Å². The van der Waals surface area contributed by atoms with Crippen molar-refractivity contribution in [1.82, 2.24) is 10.1 Å². The molecule has 0 saturated heterocycles. The summed E-state index contributed by atoms with van der Waals surface area (Å²) in [6.07, 6.45) is 4.86. The van der Waals surface area contributed by atoms with Gasteiger partial charge in [0, 0.05) is 7.11 Å². The lowest BCUT2D eigenvalue weighted by atomic mass is 9.77. The third-order valence-corrected chi connectivity index (χ3v) is 3.52. The van der Waals surface area contributed by atoms with E-state index in [1.807, 2.05) is 6.92 Å². The lowest BCUT2D eigenvalue weighted by molar-refractivity contribution is -0.0751. The lowest BCUT2D eigenvalue weighted by Gasteiger charge is -2.39. The number of rotatable bonds is 6. The summed E-state index contributed by atoms with van der Waals surface area (Å²) in [6, 6.07) is 0. The second-order valence-corrected chi connectivity index (χ2v) is 4.77. The van der Waals surface area contributed by atoms with Crippen molar-refractivity contribution in [3.63, 3.8) is 0 Å². The molecule has 0 spiro atoms. The Morgan fingerprint density at radius 1 is 1.53 bits per heavy atom. The molecule has 1 saturated carbocycles. The Kier molecular flexibility index (Phi) is 3.79. The summed E-state index contributed by atoms with van der Waals surface area (Å²) in [7, 11) is 1.72. The van der Waals surface area contributed by atoms with Gasteiger partial charge in [0.2, 0.25) is 5.89 Å². The Bertz CT molecular complexity index is 355. The quantitative estimate of drug-likeness (QED) is 0.823. The molecule has 0 aromatic carbocycles. The van der Waals surface area contributed by atoms with Crippen molar-refractivity contribution in [3.05, 3.63) is 11.7 Å². The van der Waals surface area contributed by atoms with Crippen LogP contribution < -0.4 is 0 Å². The van der Waals surface area contributed by atoms with E-state index >= 15 is 0 Å². The Hall–Kier alpha value is -0.940. The molecule has 17 heavy (non-hydrogen) atoms. The van der Waals surface area contributed by atoms with Crippen molar-refractivity contribution < 1.29 is 14.4 Å². The molecule has 1 aliphatic rings. The highest BCUT2D eigenvalue weighted by Crippen LogP contribution is 2.37. The molecule has 2 rings (SSSR count). The molecule has 96 valence electrons. The minimum Gasteiger partial charge on any atom is -0.385 e. The highest BCUT2D eigenvalue weighted by Gasteiger charge is 2.39. The van der Waals surface area contributed by atoms with Gasteiger partial charge in [-0.25, -0.2) is 0 Å². The topological polar surface area (TPSA) is 68.4 Å². The number of nitrogens with zero attached hydrogens (tertiary/aromatic N) is 2.